The number of carbonyl (C=O) groups is 3. The van der Waals surface area contributed by atoms with Crippen LogP contribution in [0.4, 0.5) is 9.80 Å². The summed E-state index contributed by atoms with van der Waals surface area (Å²) in [6, 6.07) is -0.354. The van der Waals surface area contributed by atoms with Crippen LogP contribution in [0.1, 0.15) is 116 Å². The van der Waals surface area contributed by atoms with Gasteiger partial charge >= 0.3 is 18.0 Å². The number of amides is 2. The summed E-state index contributed by atoms with van der Waals surface area (Å²) in [5, 5.41) is 21.6. The van der Waals surface area contributed by atoms with E-state index in [-0.39, 0.29) is 27.0 Å². The Bertz CT molecular complexity index is 716. The van der Waals surface area contributed by atoms with Gasteiger partial charge in [-0.05, 0) is 25.3 Å². The molecule has 0 radical (unpaired) electrons. The summed E-state index contributed by atoms with van der Waals surface area (Å²) in [4.78, 5) is 37.8. The fourth-order valence-corrected chi connectivity index (χ4v) is 4.75. The summed E-state index contributed by atoms with van der Waals surface area (Å²) in [6.45, 7) is 7.06. The fourth-order valence-electron chi connectivity index (χ4n) is 3.72. The molecule has 1 aromatic heterocycles. The zero-order valence-electron chi connectivity index (χ0n) is 19.9. The van der Waals surface area contributed by atoms with Gasteiger partial charge in [0.15, 0.2) is 0 Å². The molecule has 0 unspecified atom stereocenters. The highest BCUT2D eigenvalue weighted by atomic mass is 32.1. The van der Waals surface area contributed by atoms with Crippen LogP contribution in [0, 0.1) is 6.92 Å². The predicted octanol–water partition coefficient (Wildman–Crippen LogP) is 7.01. The van der Waals surface area contributed by atoms with E-state index in [4.69, 9.17) is 0 Å². The largest absolute Gasteiger partial charge is 0.478 e. The van der Waals surface area contributed by atoms with Crippen LogP contribution in [-0.2, 0) is 0 Å². The Labute approximate surface area is 196 Å². The maximum absolute atomic E-state index is 13.0. The van der Waals surface area contributed by atoms with Crippen LogP contribution in [0.3, 0.4) is 0 Å². The maximum Gasteiger partial charge on any atom is 0.346 e. The molecule has 0 spiro atoms. The van der Waals surface area contributed by atoms with Crippen molar-refractivity contribution in [3.63, 3.8) is 0 Å². The van der Waals surface area contributed by atoms with Gasteiger partial charge in [0.1, 0.15) is 9.88 Å². The number of urea groups is 1. The standard InChI is InChI=1S/C24H40N2O5S/c1-4-6-8-10-12-14-16-26(17-15-13-11-9-7-5-2)24(31)25-21-19(22(27)28)18(3)20(32-21)23(29)30/h4-17H2,1-3H3,(H,25,31)(H,27,28)(H,29,30). The minimum absolute atomic E-state index is 0.0592. The molecule has 0 atom stereocenters. The van der Waals surface area contributed by atoms with Crippen molar-refractivity contribution in [1.29, 1.82) is 0 Å². The lowest BCUT2D eigenvalue weighted by molar-refractivity contribution is 0.0696. The minimum atomic E-state index is -1.24. The zero-order valence-corrected chi connectivity index (χ0v) is 20.7. The molecule has 1 aromatic rings. The minimum Gasteiger partial charge on any atom is -0.478 e. The number of aromatic carboxylic acids is 2. The normalized spacial score (nSPS) is 10.8. The molecule has 0 bridgehead atoms. The zero-order chi connectivity index (χ0) is 23.9. The second-order valence-corrected chi connectivity index (χ2v) is 9.34. The van der Waals surface area contributed by atoms with Crippen molar-refractivity contribution in [3.05, 3.63) is 16.0 Å². The summed E-state index contributed by atoms with van der Waals surface area (Å²) in [7, 11) is 0. The number of thiophene rings is 1. The van der Waals surface area contributed by atoms with Crippen LogP contribution in [0.15, 0.2) is 0 Å². The van der Waals surface area contributed by atoms with Crippen LogP contribution in [0.2, 0.25) is 0 Å². The van der Waals surface area contributed by atoms with Crippen molar-refractivity contribution < 1.29 is 24.6 Å². The Morgan fingerprint density at radius 1 is 0.781 bits per heavy atom. The van der Waals surface area contributed by atoms with Gasteiger partial charge in [0.2, 0.25) is 0 Å². The van der Waals surface area contributed by atoms with Gasteiger partial charge in [-0.1, -0.05) is 78.1 Å². The highest BCUT2D eigenvalue weighted by Crippen LogP contribution is 2.33. The third-order valence-electron chi connectivity index (χ3n) is 5.63. The Morgan fingerprint density at radius 2 is 1.25 bits per heavy atom. The summed E-state index contributed by atoms with van der Waals surface area (Å²) in [5.74, 6) is -2.42. The molecule has 1 rings (SSSR count). The lowest BCUT2D eigenvalue weighted by atomic mass is 10.1. The first-order valence-corrected chi connectivity index (χ1v) is 12.8. The molecule has 0 fully saturated rings. The van der Waals surface area contributed by atoms with Crippen LogP contribution in [0.25, 0.3) is 0 Å². The van der Waals surface area contributed by atoms with Gasteiger partial charge in [-0.15, -0.1) is 11.3 Å². The van der Waals surface area contributed by atoms with Gasteiger partial charge < -0.3 is 15.1 Å². The first-order valence-electron chi connectivity index (χ1n) is 12.0. The Hall–Kier alpha value is -2.09. The number of anilines is 1. The number of nitrogens with one attached hydrogen (secondary N) is 1. The van der Waals surface area contributed by atoms with E-state index >= 15 is 0 Å². The number of nitrogens with zero attached hydrogens (tertiary/aromatic N) is 1. The van der Waals surface area contributed by atoms with E-state index in [0.29, 0.717) is 13.1 Å². The molecule has 0 aromatic carbocycles. The molecule has 7 nitrogen and oxygen atoms in total. The van der Waals surface area contributed by atoms with Crippen LogP contribution in [-0.4, -0.2) is 46.2 Å². The predicted molar refractivity (Wildman–Crippen MR) is 130 cm³/mol. The summed E-state index contributed by atoms with van der Waals surface area (Å²) >= 11 is 0.804. The summed E-state index contributed by atoms with van der Waals surface area (Å²) in [5.41, 5.74) is 0.0310. The smallest absolute Gasteiger partial charge is 0.346 e. The molecule has 182 valence electrons. The number of unbranched alkanes of at least 4 members (excludes halogenated alkanes) is 10. The van der Waals surface area contributed by atoms with E-state index in [2.05, 4.69) is 19.2 Å². The molecule has 3 N–H and O–H groups in total. The summed E-state index contributed by atoms with van der Waals surface area (Å²) in [6.07, 6.45) is 13.5. The van der Waals surface area contributed by atoms with Gasteiger partial charge in [0, 0.05) is 13.1 Å². The SMILES string of the molecule is CCCCCCCCN(CCCCCCCC)C(=O)Nc1sc(C(=O)O)c(C)c1C(=O)O. The lowest BCUT2D eigenvalue weighted by Crippen LogP contribution is -2.36. The van der Waals surface area contributed by atoms with Gasteiger partial charge in [0.05, 0.1) is 5.56 Å². The van der Waals surface area contributed by atoms with E-state index < -0.39 is 11.9 Å². The molecular formula is C24H40N2O5S. The molecule has 1 heterocycles. The molecular weight excluding hydrogens is 428 g/mol. The Morgan fingerprint density at radius 3 is 1.69 bits per heavy atom. The number of carbonyl (C=O) groups excluding carboxylic acids is 1. The molecule has 8 heteroatoms. The molecule has 0 saturated heterocycles. The van der Waals surface area contributed by atoms with Gasteiger partial charge in [-0.3, -0.25) is 5.32 Å². The van der Waals surface area contributed by atoms with E-state index in [1.807, 2.05) is 0 Å². The Balaban J connectivity index is 2.79. The maximum atomic E-state index is 13.0. The van der Waals surface area contributed by atoms with Crippen LogP contribution in [0.5, 0.6) is 0 Å². The van der Waals surface area contributed by atoms with E-state index in [0.717, 1.165) is 49.9 Å². The molecule has 0 aliphatic carbocycles. The molecule has 0 aliphatic heterocycles. The number of carboxylic acids is 2. The second kappa shape index (κ2) is 15.7. The van der Waals surface area contributed by atoms with E-state index in [9.17, 15) is 24.6 Å². The highest BCUT2D eigenvalue weighted by molar-refractivity contribution is 7.18. The second-order valence-electron chi connectivity index (χ2n) is 8.32. The first kappa shape index (κ1) is 27.9. The fraction of sp³-hybridized carbons (Fsp3) is 0.708. The van der Waals surface area contributed by atoms with Crippen molar-refractivity contribution in [2.45, 2.75) is 97.8 Å². The van der Waals surface area contributed by atoms with Crippen molar-refractivity contribution in [2.75, 3.05) is 18.4 Å². The topological polar surface area (TPSA) is 107 Å². The number of rotatable bonds is 17. The van der Waals surface area contributed by atoms with E-state index in [1.54, 1.807) is 4.90 Å². The molecule has 0 aliphatic rings. The van der Waals surface area contributed by atoms with Gasteiger partial charge in [-0.25, -0.2) is 14.4 Å². The molecule has 0 saturated carbocycles. The van der Waals surface area contributed by atoms with Gasteiger partial charge in [-0.2, -0.15) is 0 Å². The average molecular weight is 469 g/mol. The van der Waals surface area contributed by atoms with Crippen LogP contribution >= 0.6 is 11.3 Å². The third-order valence-corrected chi connectivity index (χ3v) is 6.82. The first-order chi connectivity index (χ1) is 15.3. The molecule has 32 heavy (non-hydrogen) atoms. The molecule has 2 amide bonds. The highest BCUT2D eigenvalue weighted by Gasteiger charge is 2.26. The number of hydrogen-bond acceptors (Lipinski definition) is 4. The quantitative estimate of drug-likeness (QED) is 0.213. The summed E-state index contributed by atoms with van der Waals surface area (Å²) < 4.78 is 0. The van der Waals surface area contributed by atoms with Crippen molar-refractivity contribution in [1.82, 2.24) is 4.90 Å². The van der Waals surface area contributed by atoms with Crippen molar-refractivity contribution in [2.24, 2.45) is 0 Å². The van der Waals surface area contributed by atoms with Crippen molar-refractivity contribution >= 4 is 34.3 Å². The number of carboxylic acid groups (broad SMARTS) is 2. The van der Waals surface area contributed by atoms with Crippen LogP contribution < -0.4 is 5.32 Å². The van der Waals surface area contributed by atoms with Crippen molar-refractivity contribution in [3.8, 4) is 0 Å². The Kier molecular flexibility index (Phi) is 13.7. The number of hydrogen-bond donors (Lipinski definition) is 3. The third kappa shape index (κ3) is 9.59. The van der Waals surface area contributed by atoms with E-state index in [1.165, 1.54) is 45.4 Å². The lowest BCUT2D eigenvalue weighted by Gasteiger charge is -2.23. The average Bonchev–Trinajstić information content (AvgIpc) is 3.07. The van der Waals surface area contributed by atoms with Gasteiger partial charge in [0.25, 0.3) is 0 Å². The monoisotopic (exact) mass is 468 g/mol.